The van der Waals surface area contributed by atoms with E-state index in [1.54, 1.807) is 0 Å². The molecule has 0 saturated carbocycles. The van der Waals surface area contributed by atoms with Crippen LogP contribution in [0.3, 0.4) is 0 Å². The van der Waals surface area contributed by atoms with Crippen LogP contribution < -0.4 is 0 Å². The molecule has 3 aromatic rings. The van der Waals surface area contributed by atoms with E-state index < -0.39 is 0 Å². The molecule has 0 radical (unpaired) electrons. The van der Waals surface area contributed by atoms with Gasteiger partial charge in [-0.05, 0) is 131 Å². The highest BCUT2D eigenvalue weighted by Crippen LogP contribution is 2.52. The Morgan fingerprint density at radius 1 is 0.717 bits per heavy atom. The minimum atomic E-state index is 0.941. The normalized spacial score (nSPS) is 14.6. The Morgan fingerprint density at radius 2 is 1.30 bits per heavy atom. The van der Waals surface area contributed by atoms with Gasteiger partial charge in [0.25, 0.3) is 0 Å². The molecule has 5 rings (SSSR count). The maximum atomic E-state index is 4.16. The fourth-order valence-corrected chi connectivity index (χ4v) is 7.04. The summed E-state index contributed by atoms with van der Waals surface area (Å²) >= 11 is 0. The van der Waals surface area contributed by atoms with Crippen molar-refractivity contribution >= 4 is 22.3 Å². The van der Waals surface area contributed by atoms with E-state index in [4.69, 9.17) is 0 Å². The largest absolute Gasteiger partial charge is 0.106 e. The van der Waals surface area contributed by atoms with Crippen LogP contribution in [0, 0.1) is 6.92 Å². The number of rotatable bonds is 9. The molecular formula is C46H60. The van der Waals surface area contributed by atoms with Crippen LogP contribution in [-0.4, -0.2) is 0 Å². The van der Waals surface area contributed by atoms with Crippen LogP contribution in [-0.2, 0) is 12.8 Å². The summed E-state index contributed by atoms with van der Waals surface area (Å²) < 4.78 is 0. The standard InChI is InChI=1S/C40H44.2C2H6.C2H4/c1-7-14-28(10-4)33-25-26-34(29(11-5)15-8-2)40-36-20-13-19-31(38(36)35(16-9-3)39(33)40)22-24-32-23-21-30-18-12-17-27(6)37(30)32;3*1-2/h9-13,16-20,24-26H,3,7-8,14-15,21-23H2,1-2,4-6H3;2*1-2H3;1-2H2/b28-10+,29-11+,32-24-,35-16+;;;. The zero-order valence-electron chi connectivity index (χ0n) is 30.6. The lowest BCUT2D eigenvalue weighted by atomic mass is 9.85. The number of allylic oxidation sites excluding steroid dienone is 8. The number of hydrogen-bond donors (Lipinski definition) is 0. The molecule has 0 spiro atoms. The molecular weight excluding hydrogens is 553 g/mol. The summed E-state index contributed by atoms with van der Waals surface area (Å²) in [6, 6.07) is 18.5. The van der Waals surface area contributed by atoms with E-state index in [2.05, 4.69) is 127 Å². The Balaban J connectivity index is 0.00000116. The van der Waals surface area contributed by atoms with Crippen molar-refractivity contribution in [2.24, 2.45) is 0 Å². The summed E-state index contributed by atoms with van der Waals surface area (Å²) in [5.74, 6) is 0. The molecule has 0 heteroatoms. The van der Waals surface area contributed by atoms with Crippen molar-refractivity contribution in [2.75, 3.05) is 0 Å². The smallest absolute Gasteiger partial charge is 0.00175 e. The van der Waals surface area contributed by atoms with Gasteiger partial charge in [-0.3, -0.25) is 0 Å². The third kappa shape index (κ3) is 7.90. The second kappa shape index (κ2) is 19.6. The van der Waals surface area contributed by atoms with Gasteiger partial charge in [0.05, 0.1) is 0 Å². The average molecular weight is 613 g/mol. The molecule has 2 aliphatic rings. The van der Waals surface area contributed by atoms with E-state index in [0.29, 0.717) is 0 Å². The Kier molecular flexibility index (Phi) is 16.3. The fourth-order valence-electron chi connectivity index (χ4n) is 7.04. The number of benzene rings is 3. The van der Waals surface area contributed by atoms with Crippen molar-refractivity contribution in [1.29, 1.82) is 0 Å². The quantitative estimate of drug-likeness (QED) is 0.165. The first-order chi connectivity index (χ1) is 22.6. The molecule has 0 atom stereocenters. The fraction of sp³-hybridized carbons (Fsp3) is 0.348. The van der Waals surface area contributed by atoms with E-state index in [1.165, 1.54) is 77.9 Å². The van der Waals surface area contributed by atoms with Crippen molar-refractivity contribution in [2.45, 2.75) is 107 Å². The van der Waals surface area contributed by atoms with Crippen molar-refractivity contribution in [3.63, 3.8) is 0 Å². The lowest BCUT2D eigenvalue weighted by Gasteiger charge is -2.18. The molecule has 244 valence electrons. The molecule has 3 aromatic carbocycles. The maximum absolute atomic E-state index is 4.16. The second-order valence-electron chi connectivity index (χ2n) is 11.2. The van der Waals surface area contributed by atoms with Gasteiger partial charge >= 0.3 is 0 Å². The van der Waals surface area contributed by atoms with Gasteiger partial charge in [0.15, 0.2) is 0 Å². The molecule has 0 heterocycles. The molecule has 0 fully saturated rings. The van der Waals surface area contributed by atoms with E-state index in [9.17, 15) is 0 Å². The Hall–Kier alpha value is -3.90. The van der Waals surface area contributed by atoms with Gasteiger partial charge in [-0.2, -0.15) is 0 Å². The van der Waals surface area contributed by atoms with Crippen molar-refractivity contribution in [3.05, 3.63) is 143 Å². The molecule has 0 nitrogen and oxygen atoms in total. The summed E-state index contributed by atoms with van der Waals surface area (Å²) in [6.07, 6.45) is 19.1. The summed E-state index contributed by atoms with van der Waals surface area (Å²) in [6.45, 7) is 29.4. The topological polar surface area (TPSA) is 0 Å². The Bertz CT molecular complexity index is 1580. The van der Waals surface area contributed by atoms with Gasteiger partial charge in [0.1, 0.15) is 0 Å². The highest BCUT2D eigenvalue weighted by molar-refractivity contribution is 6.09. The van der Waals surface area contributed by atoms with Crippen LogP contribution in [0.15, 0.2) is 98.6 Å². The Morgan fingerprint density at radius 3 is 1.87 bits per heavy atom. The van der Waals surface area contributed by atoms with Gasteiger partial charge < -0.3 is 0 Å². The summed E-state index contributed by atoms with van der Waals surface area (Å²) in [7, 11) is 0. The van der Waals surface area contributed by atoms with Crippen LogP contribution in [0.5, 0.6) is 0 Å². The molecule has 0 bridgehead atoms. The highest BCUT2D eigenvalue weighted by atomic mass is 14.3. The minimum absolute atomic E-state index is 0.941. The van der Waals surface area contributed by atoms with Gasteiger partial charge in [-0.1, -0.05) is 140 Å². The predicted octanol–water partition coefficient (Wildman–Crippen LogP) is 14.4. The lowest BCUT2D eigenvalue weighted by molar-refractivity contribution is 0.969. The minimum Gasteiger partial charge on any atom is -0.106 e. The SMILES string of the molecule is C=C.C=C/C=C1\c2c(C/C=C3/CCc4cccc(C)c43)cccc2-c2c(/C(=C/C)CCC)ccc(/C(=C/C)CCC)c21.CC.CC. The second-order valence-corrected chi connectivity index (χ2v) is 11.2. The molecule has 0 saturated heterocycles. The first kappa shape index (κ1) is 38.3. The zero-order chi connectivity index (χ0) is 34.2. The van der Waals surface area contributed by atoms with Crippen LogP contribution in [0.1, 0.15) is 132 Å². The van der Waals surface area contributed by atoms with Gasteiger partial charge in [0.2, 0.25) is 0 Å². The zero-order valence-corrected chi connectivity index (χ0v) is 30.6. The number of hydrogen-bond acceptors (Lipinski definition) is 0. The summed E-state index contributed by atoms with van der Waals surface area (Å²) in [5, 5.41) is 0. The van der Waals surface area contributed by atoms with Gasteiger partial charge in [0, 0.05) is 0 Å². The molecule has 0 aliphatic heterocycles. The monoisotopic (exact) mass is 612 g/mol. The van der Waals surface area contributed by atoms with Crippen molar-refractivity contribution in [1.82, 2.24) is 0 Å². The first-order valence-corrected chi connectivity index (χ1v) is 17.8. The van der Waals surface area contributed by atoms with E-state index in [-0.39, 0.29) is 0 Å². The maximum Gasteiger partial charge on any atom is -0.00175 e. The molecule has 0 N–H and O–H groups in total. The molecule has 0 aromatic heterocycles. The lowest BCUT2D eigenvalue weighted by Crippen LogP contribution is -1.97. The van der Waals surface area contributed by atoms with E-state index >= 15 is 0 Å². The Labute approximate surface area is 283 Å². The van der Waals surface area contributed by atoms with E-state index in [1.807, 2.05) is 33.8 Å². The molecule has 0 amide bonds. The average Bonchev–Trinajstić information content (AvgIpc) is 3.68. The van der Waals surface area contributed by atoms with Gasteiger partial charge in [-0.15, -0.1) is 13.2 Å². The molecule has 0 unspecified atom stereocenters. The van der Waals surface area contributed by atoms with E-state index in [0.717, 1.165) is 44.9 Å². The third-order valence-electron chi connectivity index (χ3n) is 8.79. The van der Waals surface area contributed by atoms with Crippen molar-refractivity contribution < 1.29 is 0 Å². The molecule has 46 heavy (non-hydrogen) atoms. The van der Waals surface area contributed by atoms with Crippen LogP contribution >= 0.6 is 0 Å². The summed E-state index contributed by atoms with van der Waals surface area (Å²) in [4.78, 5) is 0. The predicted molar refractivity (Wildman–Crippen MR) is 211 cm³/mol. The number of fused-ring (bicyclic) bond motifs is 4. The number of aryl methyl sites for hydroxylation is 2. The summed E-state index contributed by atoms with van der Waals surface area (Å²) in [5.41, 5.74) is 19.9. The van der Waals surface area contributed by atoms with Crippen LogP contribution in [0.4, 0.5) is 0 Å². The van der Waals surface area contributed by atoms with Crippen LogP contribution in [0.2, 0.25) is 0 Å². The van der Waals surface area contributed by atoms with Gasteiger partial charge in [-0.25, -0.2) is 0 Å². The third-order valence-corrected chi connectivity index (χ3v) is 8.79. The highest BCUT2D eigenvalue weighted by Gasteiger charge is 2.31. The molecule has 2 aliphatic carbocycles. The van der Waals surface area contributed by atoms with Crippen molar-refractivity contribution in [3.8, 4) is 11.1 Å². The first-order valence-electron chi connectivity index (χ1n) is 17.8. The van der Waals surface area contributed by atoms with Crippen LogP contribution in [0.25, 0.3) is 33.4 Å².